The number of hydrogen-bond donors (Lipinski definition) is 1. The molecule has 1 saturated carbocycles. The van der Waals surface area contributed by atoms with Crippen LogP contribution in [0.3, 0.4) is 0 Å². The summed E-state index contributed by atoms with van der Waals surface area (Å²) in [6, 6.07) is 8.78. The van der Waals surface area contributed by atoms with Crippen molar-refractivity contribution >= 4 is 17.4 Å². The van der Waals surface area contributed by atoms with Gasteiger partial charge in [0, 0.05) is 17.5 Å². The fraction of sp³-hybridized carbons (Fsp3) is 0.533. The van der Waals surface area contributed by atoms with Crippen molar-refractivity contribution in [3.05, 3.63) is 23.8 Å². The molecule has 0 amide bonds. The van der Waals surface area contributed by atoms with E-state index in [1.165, 1.54) is 0 Å². The van der Waals surface area contributed by atoms with Gasteiger partial charge in [-0.15, -0.1) is 11.8 Å². The molecule has 0 unspecified atom stereocenters. The molecule has 0 aromatic heterocycles. The monoisotopic (exact) mass is 276 g/mol. The highest BCUT2D eigenvalue weighted by Gasteiger charge is 2.29. The van der Waals surface area contributed by atoms with Crippen LogP contribution in [0.25, 0.3) is 0 Å². The molecule has 0 bridgehead atoms. The predicted molar refractivity (Wildman–Crippen MR) is 79.6 cm³/mol. The van der Waals surface area contributed by atoms with Crippen molar-refractivity contribution < 1.29 is 4.74 Å². The van der Waals surface area contributed by atoms with Gasteiger partial charge in [0.2, 0.25) is 0 Å². The summed E-state index contributed by atoms with van der Waals surface area (Å²) >= 11 is 1.71. The number of thioether (sulfide) groups is 1. The number of hydrogen-bond acceptors (Lipinski definition) is 4. The van der Waals surface area contributed by atoms with E-state index < -0.39 is 0 Å². The van der Waals surface area contributed by atoms with Crippen LogP contribution in [0.1, 0.15) is 32.3 Å². The Morgan fingerprint density at radius 1 is 1.42 bits per heavy atom. The van der Waals surface area contributed by atoms with Gasteiger partial charge in [-0.05, 0) is 37.7 Å². The first kappa shape index (κ1) is 14.2. The van der Waals surface area contributed by atoms with Crippen molar-refractivity contribution in [2.45, 2.75) is 43.7 Å². The van der Waals surface area contributed by atoms with E-state index >= 15 is 0 Å². The highest BCUT2D eigenvalue weighted by molar-refractivity contribution is 7.99. The Morgan fingerprint density at radius 2 is 2.21 bits per heavy atom. The second-order valence-corrected chi connectivity index (χ2v) is 5.92. The lowest BCUT2D eigenvalue weighted by Gasteiger charge is -2.36. The molecule has 1 aliphatic rings. The first-order valence-electron chi connectivity index (χ1n) is 6.82. The molecule has 19 heavy (non-hydrogen) atoms. The Labute approximate surface area is 119 Å². The fourth-order valence-electron chi connectivity index (χ4n) is 2.32. The zero-order valence-electron chi connectivity index (χ0n) is 11.5. The van der Waals surface area contributed by atoms with Crippen molar-refractivity contribution in [2.75, 3.05) is 17.7 Å². The summed E-state index contributed by atoms with van der Waals surface area (Å²) in [4.78, 5) is 1.07. The molecule has 1 aromatic rings. The van der Waals surface area contributed by atoms with Crippen LogP contribution >= 0.6 is 11.8 Å². The highest BCUT2D eigenvalue weighted by atomic mass is 32.2. The van der Waals surface area contributed by atoms with Gasteiger partial charge >= 0.3 is 0 Å². The first-order valence-corrected chi connectivity index (χ1v) is 7.81. The molecule has 4 heteroatoms. The van der Waals surface area contributed by atoms with Crippen LogP contribution in [0.4, 0.5) is 5.69 Å². The molecule has 1 fully saturated rings. The van der Waals surface area contributed by atoms with E-state index in [1.807, 2.05) is 25.1 Å². The number of nitrogens with one attached hydrogen (secondary N) is 1. The fourth-order valence-corrected chi connectivity index (χ4v) is 3.10. The Bertz CT molecular complexity index is 464. The summed E-state index contributed by atoms with van der Waals surface area (Å²) in [5, 5.41) is 12.8. The van der Waals surface area contributed by atoms with Crippen molar-refractivity contribution in [1.82, 2.24) is 0 Å². The standard InChI is InChI=1S/C15H20N2OS/c1-3-18-12-8-11(9-12)17-14-6-5-7-15(19-4-2)13(14)10-16/h5-7,11-12,17H,3-4,8-9H2,1-2H3. The Hall–Kier alpha value is -1.18. The highest BCUT2D eigenvalue weighted by Crippen LogP contribution is 2.32. The maximum atomic E-state index is 9.34. The van der Waals surface area contributed by atoms with Gasteiger partial charge in [-0.3, -0.25) is 0 Å². The van der Waals surface area contributed by atoms with Crippen molar-refractivity contribution in [3.63, 3.8) is 0 Å². The van der Waals surface area contributed by atoms with Gasteiger partial charge < -0.3 is 10.1 Å². The third kappa shape index (κ3) is 3.43. The lowest BCUT2D eigenvalue weighted by atomic mass is 9.89. The average Bonchev–Trinajstić information content (AvgIpc) is 2.37. The van der Waals surface area contributed by atoms with E-state index in [-0.39, 0.29) is 0 Å². The zero-order chi connectivity index (χ0) is 13.7. The van der Waals surface area contributed by atoms with Crippen molar-refractivity contribution in [1.29, 1.82) is 5.26 Å². The second kappa shape index (κ2) is 6.83. The maximum Gasteiger partial charge on any atom is 0.102 e. The Balaban J connectivity index is 2.01. The quantitative estimate of drug-likeness (QED) is 0.806. The number of rotatable bonds is 6. The number of nitriles is 1. The summed E-state index contributed by atoms with van der Waals surface area (Å²) in [5.74, 6) is 0.980. The molecule has 0 atom stereocenters. The molecule has 0 aliphatic heterocycles. The largest absolute Gasteiger partial charge is 0.381 e. The third-order valence-corrected chi connectivity index (χ3v) is 4.23. The van der Waals surface area contributed by atoms with E-state index in [0.29, 0.717) is 12.1 Å². The third-order valence-electron chi connectivity index (χ3n) is 3.29. The minimum atomic E-state index is 0.390. The molecule has 102 valence electrons. The maximum absolute atomic E-state index is 9.34. The topological polar surface area (TPSA) is 45.0 Å². The molecule has 3 nitrogen and oxygen atoms in total. The number of nitrogens with zero attached hydrogens (tertiary/aromatic N) is 1. The predicted octanol–water partition coefficient (Wildman–Crippen LogP) is 3.65. The minimum Gasteiger partial charge on any atom is -0.381 e. The molecule has 1 N–H and O–H groups in total. The van der Waals surface area contributed by atoms with E-state index in [1.54, 1.807) is 11.8 Å². The molecular formula is C15H20N2OS. The SMILES string of the molecule is CCOC1CC(Nc2cccc(SCC)c2C#N)C1. The molecule has 1 aromatic carbocycles. The molecular weight excluding hydrogens is 256 g/mol. The van der Waals surface area contributed by atoms with Gasteiger partial charge in [-0.1, -0.05) is 13.0 Å². The summed E-state index contributed by atoms with van der Waals surface area (Å²) in [6.07, 6.45) is 2.45. The van der Waals surface area contributed by atoms with Gasteiger partial charge in [-0.25, -0.2) is 0 Å². The summed E-state index contributed by atoms with van der Waals surface area (Å²) in [6.45, 7) is 4.91. The first-order chi connectivity index (χ1) is 9.28. The summed E-state index contributed by atoms with van der Waals surface area (Å²) in [5.41, 5.74) is 1.73. The lowest BCUT2D eigenvalue weighted by molar-refractivity contribution is 0.00298. The zero-order valence-corrected chi connectivity index (χ0v) is 12.3. The van der Waals surface area contributed by atoms with Crippen LogP contribution in [0, 0.1) is 11.3 Å². The van der Waals surface area contributed by atoms with Crippen LogP contribution in [-0.2, 0) is 4.74 Å². The van der Waals surface area contributed by atoms with Gasteiger partial charge in [0.15, 0.2) is 0 Å². The average molecular weight is 276 g/mol. The summed E-state index contributed by atoms with van der Waals surface area (Å²) in [7, 11) is 0. The lowest BCUT2D eigenvalue weighted by Crippen LogP contribution is -2.41. The summed E-state index contributed by atoms with van der Waals surface area (Å²) < 4.78 is 5.56. The molecule has 0 saturated heterocycles. The van der Waals surface area contributed by atoms with Crippen molar-refractivity contribution in [3.8, 4) is 6.07 Å². The van der Waals surface area contributed by atoms with Gasteiger partial charge in [-0.2, -0.15) is 5.26 Å². The van der Waals surface area contributed by atoms with E-state index in [4.69, 9.17) is 4.74 Å². The van der Waals surface area contributed by atoms with E-state index in [2.05, 4.69) is 18.3 Å². The van der Waals surface area contributed by atoms with Crippen LogP contribution in [-0.4, -0.2) is 24.5 Å². The number of anilines is 1. The van der Waals surface area contributed by atoms with E-state index in [9.17, 15) is 5.26 Å². The Morgan fingerprint density at radius 3 is 2.84 bits per heavy atom. The van der Waals surface area contributed by atoms with Gasteiger partial charge in [0.05, 0.1) is 17.4 Å². The molecule has 2 rings (SSSR count). The molecule has 0 heterocycles. The van der Waals surface area contributed by atoms with Gasteiger partial charge in [0.25, 0.3) is 0 Å². The van der Waals surface area contributed by atoms with Crippen molar-refractivity contribution in [2.24, 2.45) is 0 Å². The smallest absolute Gasteiger partial charge is 0.102 e. The van der Waals surface area contributed by atoms with Crippen LogP contribution in [0.15, 0.2) is 23.1 Å². The minimum absolute atomic E-state index is 0.390. The van der Waals surface area contributed by atoms with Gasteiger partial charge in [0.1, 0.15) is 6.07 Å². The molecule has 1 aliphatic carbocycles. The van der Waals surface area contributed by atoms with Crippen LogP contribution < -0.4 is 5.32 Å². The Kier molecular flexibility index (Phi) is 5.12. The second-order valence-electron chi connectivity index (χ2n) is 4.61. The van der Waals surface area contributed by atoms with Crippen LogP contribution in [0.5, 0.6) is 0 Å². The molecule has 0 spiro atoms. The van der Waals surface area contributed by atoms with Crippen LogP contribution in [0.2, 0.25) is 0 Å². The number of ether oxygens (including phenoxy) is 1. The van der Waals surface area contributed by atoms with E-state index in [0.717, 1.165) is 41.3 Å². The normalized spacial score (nSPS) is 21.5. The molecule has 0 radical (unpaired) electrons. The number of benzene rings is 1.